The minimum atomic E-state index is -2.96. The van der Waals surface area contributed by atoms with Crippen molar-refractivity contribution in [1.29, 1.82) is 0 Å². The van der Waals surface area contributed by atoms with Crippen molar-refractivity contribution in [1.82, 2.24) is 9.88 Å². The van der Waals surface area contributed by atoms with E-state index in [4.69, 9.17) is 4.74 Å². The molecule has 10 heteroatoms. The first-order chi connectivity index (χ1) is 15.4. The minimum Gasteiger partial charge on any atom is -0.493 e. The highest BCUT2D eigenvalue weighted by Crippen LogP contribution is 2.30. The monoisotopic (exact) mass is 461 g/mol. The molecule has 3 rings (SSSR count). The smallest absolute Gasteiger partial charge is 0.387 e. The first-order valence-electron chi connectivity index (χ1n) is 9.52. The van der Waals surface area contributed by atoms with Crippen molar-refractivity contribution in [3.63, 3.8) is 0 Å². The molecule has 0 saturated carbocycles. The normalized spacial score (nSPS) is 10.7. The number of rotatable bonds is 9. The number of carbonyl (C=O) groups excluding carboxylic acids is 2. The van der Waals surface area contributed by atoms with E-state index in [1.165, 1.54) is 29.4 Å². The molecule has 1 heterocycles. The van der Waals surface area contributed by atoms with Gasteiger partial charge in [-0.3, -0.25) is 14.9 Å². The zero-order chi connectivity index (χ0) is 23.1. The van der Waals surface area contributed by atoms with Crippen LogP contribution in [-0.4, -0.2) is 42.5 Å². The van der Waals surface area contributed by atoms with Crippen LogP contribution < -0.4 is 14.8 Å². The van der Waals surface area contributed by atoms with Gasteiger partial charge >= 0.3 is 6.61 Å². The molecule has 0 bridgehead atoms. The third kappa shape index (κ3) is 6.24. The second-order valence-electron chi connectivity index (χ2n) is 6.75. The average Bonchev–Trinajstić information content (AvgIpc) is 3.21. The zero-order valence-electron chi connectivity index (χ0n) is 17.4. The van der Waals surface area contributed by atoms with Crippen LogP contribution in [0.3, 0.4) is 0 Å². The molecule has 3 aromatic rings. The maximum Gasteiger partial charge on any atom is 0.387 e. The second-order valence-corrected chi connectivity index (χ2v) is 7.61. The molecule has 7 nitrogen and oxygen atoms in total. The molecule has 0 spiro atoms. The van der Waals surface area contributed by atoms with Crippen molar-refractivity contribution >= 4 is 28.3 Å². The zero-order valence-corrected chi connectivity index (χ0v) is 18.2. The summed E-state index contributed by atoms with van der Waals surface area (Å²) in [7, 11) is 2.98. The lowest BCUT2D eigenvalue weighted by atomic mass is 10.2. The van der Waals surface area contributed by atoms with Gasteiger partial charge in [0.15, 0.2) is 16.6 Å². The van der Waals surface area contributed by atoms with Crippen LogP contribution in [0.1, 0.15) is 21.6 Å². The summed E-state index contributed by atoms with van der Waals surface area (Å²) in [6.07, 6.45) is 0.0535. The molecular weight excluding hydrogens is 440 g/mol. The number of methoxy groups -OCH3 is 1. The van der Waals surface area contributed by atoms with E-state index in [1.807, 2.05) is 6.07 Å². The third-order valence-electron chi connectivity index (χ3n) is 4.43. The van der Waals surface area contributed by atoms with E-state index >= 15 is 0 Å². The summed E-state index contributed by atoms with van der Waals surface area (Å²) in [6, 6.07) is 13.3. The lowest BCUT2D eigenvalue weighted by Crippen LogP contribution is -2.27. The molecule has 32 heavy (non-hydrogen) atoms. The summed E-state index contributed by atoms with van der Waals surface area (Å²) in [5.74, 6) is -0.388. The highest BCUT2D eigenvalue weighted by atomic mass is 32.1. The number of nitrogens with one attached hydrogen (secondary N) is 1. The topological polar surface area (TPSA) is 80.8 Å². The molecule has 0 aliphatic rings. The Morgan fingerprint density at radius 3 is 2.59 bits per heavy atom. The molecule has 1 N–H and O–H groups in total. The van der Waals surface area contributed by atoms with E-state index in [9.17, 15) is 18.4 Å². The van der Waals surface area contributed by atoms with Crippen LogP contribution in [0.5, 0.6) is 11.5 Å². The van der Waals surface area contributed by atoms with E-state index < -0.39 is 6.61 Å². The predicted octanol–water partition coefficient (Wildman–Crippen LogP) is 4.21. The van der Waals surface area contributed by atoms with Gasteiger partial charge in [-0.25, -0.2) is 4.98 Å². The lowest BCUT2D eigenvalue weighted by molar-refractivity contribution is -0.129. The fourth-order valence-electron chi connectivity index (χ4n) is 2.86. The van der Waals surface area contributed by atoms with Crippen molar-refractivity contribution in [3.8, 4) is 11.5 Å². The van der Waals surface area contributed by atoms with Gasteiger partial charge in [0.25, 0.3) is 5.91 Å². The number of carbonyl (C=O) groups is 2. The second kappa shape index (κ2) is 10.7. The number of thiazole rings is 1. The van der Waals surface area contributed by atoms with Gasteiger partial charge in [-0.15, -0.1) is 11.3 Å². The summed E-state index contributed by atoms with van der Waals surface area (Å²) < 4.78 is 34.4. The van der Waals surface area contributed by atoms with E-state index in [2.05, 4.69) is 15.0 Å². The van der Waals surface area contributed by atoms with Crippen LogP contribution >= 0.6 is 11.3 Å². The van der Waals surface area contributed by atoms with Gasteiger partial charge in [0, 0.05) is 24.5 Å². The number of alkyl halides is 2. The van der Waals surface area contributed by atoms with E-state index in [0.29, 0.717) is 22.0 Å². The van der Waals surface area contributed by atoms with Crippen molar-refractivity contribution in [3.05, 3.63) is 70.7 Å². The van der Waals surface area contributed by atoms with Gasteiger partial charge in [-0.2, -0.15) is 8.78 Å². The molecule has 0 unspecified atom stereocenters. The van der Waals surface area contributed by atoms with Crippen LogP contribution in [-0.2, 0) is 17.8 Å². The molecule has 168 valence electrons. The Kier molecular flexibility index (Phi) is 7.72. The summed E-state index contributed by atoms with van der Waals surface area (Å²) >= 11 is 1.24. The van der Waals surface area contributed by atoms with E-state index in [1.54, 1.807) is 48.8 Å². The number of amides is 2. The third-order valence-corrected chi connectivity index (χ3v) is 5.24. The number of hydrogen-bond acceptors (Lipinski definition) is 6. The van der Waals surface area contributed by atoms with Crippen LogP contribution in [0.15, 0.2) is 53.9 Å². The predicted molar refractivity (Wildman–Crippen MR) is 116 cm³/mol. The molecule has 0 aliphatic heterocycles. The maximum atomic E-state index is 12.6. The summed E-state index contributed by atoms with van der Waals surface area (Å²) in [4.78, 5) is 30.6. The Bertz CT molecular complexity index is 1080. The number of ether oxygens (including phenoxy) is 2. The number of benzene rings is 2. The van der Waals surface area contributed by atoms with Crippen LogP contribution in [0.25, 0.3) is 0 Å². The molecule has 0 atom stereocenters. The lowest BCUT2D eigenvalue weighted by Gasteiger charge is -2.18. The SMILES string of the molecule is COc1cc(CN(C)C(=O)Cc2csc(NC(=O)c3ccccc3)n2)ccc1OC(F)F. The number of likely N-dealkylation sites (N-methyl/N-ethyl adjacent to an activating group) is 1. The number of nitrogens with zero attached hydrogens (tertiary/aromatic N) is 2. The number of aromatic nitrogens is 1. The highest BCUT2D eigenvalue weighted by Gasteiger charge is 2.16. The quantitative estimate of drug-likeness (QED) is 0.517. The van der Waals surface area contributed by atoms with Crippen molar-refractivity contribution in [2.75, 3.05) is 19.5 Å². The Morgan fingerprint density at radius 2 is 1.91 bits per heavy atom. The molecule has 2 aromatic carbocycles. The molecule has 0 radical (unpaired) electrons. The first kappa shape index (κ1) is 23.1. The highest BCUT2D eigenvalue weighted by molar-refractivity contribution is 7.14. The van der Waals surface area contributed by atoms with E-state index in [0.717, 1.165) is 0 Å². The van der Waals surface area contributed by atoms with Crippen LogP contribution in [0.4, 0.5) is 13.9 Å². The van der Waals surface area contributed by atoms with Crippen LogP contribution in [0, 0.1) is 0 Å². The van der Waals surface area contributed by atoms with E-state index in [-0.39, 0.29) is 36.3 Å². The Labute approximate surface area is 187 Å². The standard InChI is InChI=1S/C22H21F2N3O4S/c1-27(12-14-8-9-17(31-21(23)24)18(10-14)30-2)19(28)11-16-13-32-22(25-16)26-20(29)15-6-4-3-5-7-15/h3-10,13,21H,11-12H2,1-2H3,(H,25,26,29). The fourth-order valence-corrected chi connectivity index (χ4v) is 3.57. The van der Waals surface area contributed by atoms with Gasteiger partial charge < -0.3 is 14.4 Å². The summed E-state index contributed by atoms with van der Waals surface area (Å²) in [5, 5.41) is 4.84. The number of halogens is 2. The molecule has 0 aliphatic carbocycles. The summed E-state index contributed by atoms with van der Waals surface area (Å²) in [5.41, 5.74) is 1.74. The molecule has 2 amide bonds. The van der Waals surface area contributed by atoms with Gasteiger partial charge in [0.1, 0.15) is 0 Å². The van der Waals surface area contributed by atoms with Crippen molar-refractivity contribution in [2.24, 2.45) is 0 Å². The number of hydrogen-bond donors (Lipinski definition) is 1. The minimum absolute atomic E-state index is 0.0535. The Hall–Kier alpha value is -3.53. The van der Waals surface area contributed by atoms with Gasteiger partial charge in [0.2, 0.25) is 5.91 Å². The number of anilines is 1. The Morgan fingerprint density at radius 1 is 1.16 bits per heavy atom. The molecule has 0 saturated heterocycles. The van der Waals surface area contributed by atoms with Gasteiger partial charge in [0.05, 0.1) is 19.2 Å². The fraction of sp³-hybridized carbons (Fsp3) is 0.227. The van der Waals surface area contributed by atoms with Gasteiger partial charge in [-0.1, -0.05) is 24.3 Å². The van der Waals surface area contributed by atoms with Crippen LogP contribution in [0.2, 0.25) is 0 Å². The van der Waals surface area contributed by atoms with Gasteiger partial charge in [-0.05, 0) is 29.8 Å². The van der Waals surface area contributed by atoms with Crippen molar-refractivity contribution in [2.45, 2.75) is 19.6 Å². The van der Waals surface area contributed by atoms with Crippen molar-refractivity contribution < 1.29 is 27.8 Å². The maximum absolute atomic E-state index is 12.6. The largest absolute Gasteiger partial charge is 0.493 e. The Balaban J connectivity index is 1.57. The summed E-state index contributed by atoms with van der Waals surface area (Å²) in [6.45, 7) is -2.72. The molecule has 1 aromatic heterocycles. The average molecular weight is 461 g/mol. The first-order valence-corrected chi connectivity index (χ1v) is 10.4. The molecular formula is C22H21F2N3O4S. The molecule has 0 fully saturated rings.